The fourth-order valence-electron chi connectivity index (χ4n) is 1.44. The second kappa shape index (κ2) is 2.73. The molecule has 0 spiro atoms. The van der Waals surface area contributed by atoms with Crippen molar-refractivity contribution in [1.82, 2.24) is 9.97 Å². The molecule has 3 heteroatoms. The van der Waals surface area contributed by atoms with Gasteiger partial charge >= 0.3 is 0 Å². The van der Waals surface area contributed by atoms with Crippen LogP contribution in [0.2, 0.25) is 0 Å². The van der Waals surface area contributed by atoms with E-state index in [0.717, 1.165) is 30.2 Å². The van der Waals surface area contributed by atoms with Gasteiger partial charge in [0.15, 0.2) is 0 Å². The Hall–Kier alpha value is -1.12. The summed E-state index contributed by atoms with van der Waals surface area (Å²) in [7, 11) is 0. The summed E-state index contributed by atoms with van der Waals surface area (Å²) >= 11 is 0. The third-order valence-electron chi connectivity index (χ3n) is 2.26. The Kier molecular flexibility index (Phi) is 1.71. The smallest absolute Gasteiger partial charge is 0.148 e. The topological polar surface area (TPSA) is 37.8 Å². The van der Waals surface area contributed by atoms with Gasteiger partial charge < -0.3 is 5.32 Å². The molecule has 64 valence electrons. The molecule has 0 aliphatic carbocycles. The fraction of sp³-hybridized carbons (Fsp3) is 0.556. The summed E-state index contributed by atoms with van der Waals surface area (Å²) in [4.78, 5) is 8.83. The summed E-state index contributed by atoms with van der Waals surface area (Å²) in [6.07, 6.45) is 2.83. The zero-order chi connectivity index (χ0) is 8.55. The van der Waals surface area contributed by atoms with Crippen molar-refractivity contribution in [2.24, 2.45) is 0 Å². The van der Waals surface area contributed by atoms with E-state index >= 15 is 0 Å². The number of nitrogens with zero attached hydrogens (tertiary/aromatic N) is 2. The average molecular weight is 163 g/mol. The van der Waals surface area contributed by atoms with Crippen molar-refractivity contribution >= 4 is 5.82 Å². The van der Waals surface area contributed by atoms with Crippen molar-refractivity contribution in [1.29, 1.82) is 0 Å². The van der Waals surface area contributed by atoms with Crippen LogP contribution in [0.15, 0.2) is 6.20 Å². The van der Waals surface area contributed by atoms with Crippen LogP contribution in [0.5, 0.6) is 0 Å². The van der Waals surface area contributed by atoms with Crippen molar-refractivity contribution in [2.45, 2.75) is 26.2 Å². The molecule has 1 N–H and O–H groups in total. The van der Waals surface area contributed by atoms with Gasteiger partial charge in [-0.2, -0.15) is 0 Å². The lowest BCUT2D eigenvalue weighted by Crippen LogP contribution is -1.96. The molecular weight excluding hydrogens is 150 g/mol. The predicted octanol–water partition coefficient (Wildman–Crippen LogP) is 1.57. The first-order valence-corrected chi connectivity index (χ1v) is 4.41. The molecule has 1 unspecified atom stereocenters. The molecule has 0 saturated heterocycles. The maximum Gasteiger partial charge on any atom is 0.148 e. The van der Waals surface area contributed by atoms with Gasteiger partial charge in [-0.1, -0.05) is 13.8 Å². The van der Waals surface area contributed by atoms with E-state index in [1.807, 2.05) is 6.20 Å². The number of rotatable bonds is 1. The number of anilines is 1. The molecule has 1 aliphatic rings. The van der Waals surface area contributed by atoms with Crippen LogP contribution in [0.1, 0.15) is 31.2 Å². The van der Waals surface area contributed by atoms with Gasteiger partial charge in [-0.3, -0.25) is 4.98 Å². The Morgan fingerprint density at radius 2 is 2.50 bits per heavy atom. The minimum atomic E-state index is 0.512. The van der Waals surface area contributed by atoms with Gasteiger partial charge in [0, 0.05) is 18.7 Å². The Labute approximate surface area is 72.2 Å². The lowest BCUT2D eigenvalue weighted by Gasteiger charge is -2.01. The molecule has 1 atom stereocenters. The summed E-state index contributed by atoms with van der Waals surface area (Å²) in [6.45, 7) is 5.23. The first kappa shape index (κ1) is 7.53. The highest BCUT2D eigenvalue weighted by Gasteiger charge is 2.20. The van der Waals surface area contributed by atoms with Crippen LogP contribution in [0.3, 0.4) is 0 Å². The molecule has 0 radical (unpaired) electrons. The van der Waals surface area contributed by atoms with Crippen LogP contribution >= 0.6 is 0 Å². The standard InChI is InChI=1S/C9H13N3/c1-3-7-5-10-8-6(2)4-11-9(8)12-7/h5-6H,3-4H2,1-2H3,(H,11,12). The molecule has 1 aromatic rings. The van der Waals surface area contributed by atoms with Gasteiger partial charge in [-0.15, -0.1) is 0 Å². The van der Waals surface area contributed by atoms with Crippen LogP contribution in [0.25, 0.3) is 0 Å². The zero-order valence-electron chi connectivity index (χ0n) is 7.46. The number of fused-ring (bicyclic) bond motifs is 1. The molecule has 0 aromatic carbocycles. The van der Waals surface area contributed by atoms with E-state index in [1.165, 1.54) is 0 Å². The van der Waals surface area contributed by atoms with E-state index in [2.05, 4.69) is 29.1 Å². The van der Waals surface area contributed by atoms with E-state index in [4.69, 9.17) is 0 Å². The molecule has 1 aromatic heterocycles. The number of aryl methyl sites for hydroxylation is 1. The molecule has 3 nitrogen and oxygen atoms in total. The van der Waals surface area contributed by atoms with E-state index in [1.54, 1.807) is 0 Å². The number of hydrogen-bond acceptors (Lipinski definition) is 3. The summed E-state index contributed by atoms with van der Waals surface area (Å²) in [5.74, 6) is 1.50. The maximum absolute atomic E-state index is 4.45. The predicted molar refractivity (Wildman–Crippen MR) is 48.3 cm³/mol. The highest BCUT2D eigenvalue weighted by molar-refractivity contribution is 5.47. The highest BCUT2D eigenvalue weighted by atomic mass is 15.1. The average Bonchev–Trinajstić information content (AvgIpc) is 2.47. The maximum atomic E-state index is 4.45. The number of aromatic nitrogens is 2. The second-order valence-corrected chi connectivity index (χ2v) is 3.23. The summed E-state index contributed by atoms with van der Waals surface area (Å²) < 4.78 is 0. The lowest BCUT2D eigenvalue weighted by molar-refractivity contribution is 0.817. The van der Waals surface area contributed by atoms with Crippen molar-refractivity contribution in [3.63, 3.8) is 0 Å². The first-order valence-electron chi connectivity index (χ1n) is 4.41. The van der Waals surface area contributed by atoms with Gasteiger partial charge in [0.2, 0.25) is 0 Å². The Balaban J connectivity index is 2.41. The van der Waals surface area contributed by atoms with E-state index in [9.17, 15) is 0 Å². The first-order chi connectivity index (χ1) is 5.81. The summed E-state index contributed by atoms with van der Waals surface area (Å²) in [5.41, 5.74) is 2.18. The van der Waals surface area contributed by atoms with Crippen molar-refractivity contribution in [3.05, 3.63) is 17.6 Å². The molecule has 2 rings (SSSR count). The molecule has 0 amide bonds. The Morgan fingerprint density at radius 3 is 3.25 bits per heavy atom. The van der Waals surface area contributed by atoms with Gasteiger partial charge in [-0.05, 0) is 6.42 Å². The normalized spacial score (nSPS) is 20.3. The minimum Gasteiger partial charge on any atom is -0.368 e. The zero-order valence-corrected chi connectivity index (χ0v) is 7.46. The molecule has 1 aliphatic heterocycles. The molecule has 12 heavy (non-hydrogen) atoms. The van der Waals surface area contributed by atoms with Crippen LogP contribution in [-0.4, -0.2) is 16.5 Å². The van der Waals surface area contributed by atoms with Crippen LogP contribution in [-0.2, 0) is 6.42 Å². The Morgan fingerprint density at radius 1 is 1.67 bits per heavy atom. The van der Waals surface area contributed by atoms with E-state index in [0.29, 0.717) is 5.92 Å². The second-order valence-electron chi connectivity index (χ2n) is 3.23. The molecule has 0 fully saturated rings. The number of nitrogens with one attached hydrogen (secondary N) is 1. The molecule has 0 bridgehead atoms. The van der Waals surface area contributed by atoms with Crippen molar-refractivity contribution in [3.8, 4) is 0 Å². The van der Waals surface area contributed by atoms with Gasteiger partial charge in [0.25, 0.3) is 0 Å². The summed E-state index contributed by atoms with van der Waals surface area (Å²) in [5, 5.41) is 3.25. The monoisotopic (exact) mass is 163 g/mol. The van der Waals surface area contributed by atoms with Crippen LogP contribution < -0.4 is 5.32 Å². The lowest BCUT2D eigenvalue weighted by atomic mass is 10.1. The van der Waals surface area contributed by atoms with Crippen LogP contribution in [0.4, 0.5) is 5.82 Å². The van der Waals surface area contributed by atoms with Gasteiger partial charge in [0.1, 0.15) is 5.82 Å². The molecular formula is C9H13N3. The molecule has 2 heterocycles. The summed E-state index contributed by atoms with van der Waals surface area (Å²) in [6, 6.07) is 0. The number of hydrogen-bond donors (Lipinski definition) is 1. The quantitative estimate of drug-likeness (QED) is 0.682. The third kappa shape index (κ3) is 1.05. The van der Waals surface area contributed by atoms with Crippen molar-refractivity contribution in [2.75, 3.05) is 11.9 Å². The van der Waals surface area contributed by atoms with E-state index < -0.39 is 0 Å². The highest BCUT2D eigenvalue weighted by Crippen LogP contribution is 2.26. The van der Waals surface area contributed by atoms with Gasteiger partial charge in [0.05, 0.1) is 11.4 Å². The van der Waals surface area contributed by atoms with Crippen molar-refractivity contribution < 1.29 is 0 Å². The minimum absolute atomic E-state index is 0.512. The Bertz CT molecular complexity index is 296. The fourth-order valence-corrected chi connectivity index (χ4v) is 1.44. The van der Waals surface area contributed by atoms with Gasteiger partial charge in [-0.25, -0.2) is 4.98 Å². The van der Waals surface area contributed by atoms with Crippen LogP contribution in [0, 0.1) is 0 Å². The molecule has 0 saturated carbocycles. The SMILES string of the molecule is CCc1cnc2c(n1)NCC2C. The third-order valence-corrected chi connectivity index (χ3v) is 2.26. The van der Waals surface area contributed by atoms with E-state index in [-0.39, 0.29) is 0 Å². The largest absolute Gasteiger partial charge is 0.368 e.